The fourth-order valence-corrected chi connectivity index (χ4v) is 3.88. The summed E-state index contributed by atoms with van der Waals surface area (Å²) < 4.78 is 5.23. The van der Waals surface area contributed by atoms with Crippen LogP contribution in [0.25, 0.3) is 11.2 Å². The van der Waals surface area contributed by atoms with Crippen LogP contribution in [0.4, 0.5) is 17.6 Å². The SMILES string of the molecule is COc1ccc(CCNc2nc(N3CCN(c4ccccn4)CC3)nc3nc[nH]c23)cc1. The van der Waals surface area contributed by atoms with Crippen LogP contribution in [0.3, 0.4) is 0 Å². The van der Waals surface area contributed by atoms with Crippen LogP contribution in [0.15, 0.2) is 55.0 Å². The lowest BCUT2D eigenvalue weighted by molar-refractivity contribution is 0.414. The van der Waals surface area contributed by atoms with Crippen molar-refractivity contribution < 1.29 is 4.74 Å². The Morgan fingerprint density at radius 2 is 1.78 bits per heavy atom. The number of nitrogens with one attached hydrogen (secondary N) is 2. The summed E-state index contributed by atoms with van der Waals surface area (Å²) in [4.78, 5) is 26.0. The lowest BCUT2D eigenvalue weighted by Gasteiger charge is -2.35. The first kappa shape index (κ1) is 20.0. The number of fused-ring (bicyclic) bond motifs is 1. The number of rotatable bonds is 7. The van der Waals surface area contributed by atoms with E-state index in [1.165, 1.54) is 5.56 Å². The van der Waals surface area contributed by atoms with Crippen molar-refractivity contribution in [3.05, 3.63) is 60.6 Å². The van der Waals surface area contributed by atoms with Crippen LogP contribution in [0.5, 0.6) is 5.75 Å². The third-order valence-electron chi connectivity index (χ3n) is 5.67. The minimum Gasteiger partial charge on any atom is -0.497 e. The molecule has 0 aliphatic carbocycles. The molecule has 0 unspecified atom stereocenters. The van der Waals surface area contributed by atoms with Gasteiger partial charge in [0.2, 0.25) is 5.95 Å². The summed E-state index contributed by atoms with van der Waals surface area (Å²) in [6.07, 6.45) is 4.37. The number of hydrogen-bond donors (Lipinski definition) is 2. The molecule has 1 aliphatic heterocycles. The molecule has 3 aromatic heterocycles. The largest absolute Gasteiger partial charge is 0.497 e. The monoisotopic (exact) mass is 430 g/mol. The smallest absolute Gasteiger partial charge is 0.229 e. The Bertz CT molecular complexity index is 1150. The number of piperazine rings is 1. The number of ether oxygens (including phenoxy) is 1. The Morgan fingerprint density at radius 1 is 0.969 bits per heavy atom. The van der Waals surface area contributed by atoms with E-state index in [0.29, 0.717) is 11.6 Å². The number of pyridine rings is 1. The molecule has 1 aromatic carbocycles. The standard InChI is InChI=1S/C23H26N8O/c1-32-18-7-5-17(6-8-18)9-11-25-21-20-22(27-16-26-20)29-23(28-21)31-14-12-30(13-15-31)19-4-2-3-10-24-19/h2-8,10,16H,9,11-15H2,1H3,(H2,25,26,27,28,29). The van der Waals surface area contributed by atoms with Crippen LogP contribution in [0, 0.1) is 0 Å². The number of hydrogen-bond acceptors (Lipinski definition) is 8. The lowest BCUT2D eigenvalue weighted by atomic mass is 10.1. The van der Waals surface area contributed by atoms with Crippen molar-refractivity contribution in [1.82, 2.24) is 24.9 Å². The first-order valence-corrected chi connectivity index (χ1v) is 10.8. The first-order valence-electron chi connectivity index (χ1n) is 10.8. The van der Waals surface area contributed by atoms with Crippen LogP contribution < -0.4 is 19.9 Å². The van der Waals surface area contributed by atoms with Crippen LogP contribution >= 0.6 is 0 Å². The Balaban J connectivity index is 1.26. The molecule has 0 spiro atoms. The maximum absolute atomic E-state index is 5.23. The van der Waals surface area contributed by atoms with E-state index in [-0.39, 0.29) is 0 Å². The third-order valence-corrected chi connectivity index (χ3v) is 5.67. The summed E-state index contributed by atoms with van der Waals surface area (Å²) in [5, 5.41) is 3.46. The van der Waals surface area contributed by atoms with Crippen molar-refractivity contribution in [2.45, 2.75) is 6.42 Å². The molecular weight excluding hydrogens is 404 g/mol. The maximum Gasteiger partial charge on any atom is 0.229 e. The van der Waals surface area contributed by atoms with Crippen molar-refractivity contribution >= 4 is 28.7 Å². The van der Waals surface area contributed by atoms with E-state index >= 15 is 0 Å². The Morgan fingerprint density at radius 3 is 2.53 bits per heavy atom. The molecule has 4 heterocycles. The molecule has 2 N–H and O–H groups in total. The Hall–Kier alpha value is -3.88. The molecule has 5 rings (SSSR count). The normalized spacial score (nSPS) is 14.0. The second kappa shape index (κ2) is 9.09. The number of nitrogens with zero attached hydrogens (tertiary/aromatic N) is 6. The van der Waals surface area contributed by atoms with Gasteiger partial charge in [0.1, 0.15) is 17.1 Å². The van der Waals surface area contributed by atoms with Gasteiger partial charge in [-0.05, 0) is 36.2 Å². The molecule has 0 radical (unpaired) electrons. The zero-order chi connectivity index (χ0) is 21.8. The van der Waals surface area contributed by atoms with Crippen LogP contribution in [-0.4, -0.2) is 64.8 Å². The molecule has 1 aliphatic rings. The number of methoxy groups -OCH3 is 1. The highest BCUT2D eigenvalue weighted by Crippen LogP contribution is 2.23. The number of benzene rings is 1. The molecule has 4 aromatic rings. The summed E-state index contributed by atoms with van der Waals surface area (Å²) >= 11 is 0. The summed E-state index contributed by atoms with van der Waals surface area (Å²) in [6.45, 7) is 4.17. The molecule has 0 amide bonds. The van der Waals surface area contributed by atoms with Gasteiger partial charge in [-0.2, -0.15) is 9.97 Å². The molecule has 9 heteroatoms. The van der Waals surface area contributed by atoms with Crippen LogP contribution in [-0.2, 0) is 6.42 Å². The second-order valence-electron chi connectivity index (χ2n) is 7.66. The van der Waals surface area contributed by atoms with Gasteiger partial charge in [0.05, 0.1) is 13.4 Å². The van der Waals surface area contributed by atoms with Gasteiger partial charge in [-0.3, -0.25) is 0 Å². The summed E-state index contributed by atoms with van der Waals surface area (Å²) in [7, 11) is 1.68. The van der Waals surface area contributed by atoms with E-state index in [9.17, 15) is 0 Å². The molecular formula is C23H26N8O. The molecule has 0 atom stereocenters. The van der Waals surface area contributed by atoms with Crippen molar-refractivity contribution in [3.63, 3.8) is 0 Å². The maximum atomic E-state index is 5.23. The number of anilines is 3. The quantitative estimate of drug-likeness (QED) is 0.462. The van der Waals surface area contributed by atoms with Gasteiger partial charge < -0.3 is 24.8 Å². The molecule has 32 heavy (non-hydrogen) atoms. The fourth-order valence-electron chi connectivity index (χ4n) is 3.88. The van der Waals surface area contributed by atoms with Gasteiger partial charge in [-0.25, -0.2) is 9.97 Å². The highest BCUT2D eigenvalue weighted by molar-refractivity contribution is 5.83. The van der Waals surface area contributed by atoms with Gasteiger partial charge in [0.15, 0.2) is 11.5 Å². The van der Waals surface area contributed by atoms with Gasteiger partial charge in [0, 0.05) is 38.9 Å². The fraction of sp³-hybridized carbons (Fsp3) is 0.304. The summed E-state index contributed by atoms with van der Waals surface area (Å²) in [5.74, 6) is 3.36. The van der Waals surface area contributed by atoms with E-state index in [4.69, 9.17) is 9.72 Å². The van der Waals surface area contributed by atoms with Crippen molar-refractivity contribution in [3.8, 4) is 5.75 Å². The average Bonchev–Trinajstić information content (AvgIpc) is 3.34. The highest BCUT2D eigenvalue weighted by atomic mass is 16.5. The minimum absolute atomic E-state index is 0.675. The molecule has 164 valence electrons. The highest BCUT2D eigenvalue weighted by Gasteiger charge is 2.21. The average molecular weight is 431 g/mol. The number of H-pyrrole nitrogens is 1. The number of imidazole rings is 1. The van der Waals surface area contributed by atoms with Crippen molar-refractivity contribution in [2.24, 2.45) is 0 Å². The van der Waals surface area contributed by atoms with E-state index in [1.807, 2.05) is 36.5 Å². The molecule has 0 bridgehead atoms. The topological polar surface area (TPSA) is 95.1 Å². The lowest BCUT2D eigenvalue weighted by Crippen LogP contribution is -2.47. The second-order valence-corrected chi connectivity index (χ2v) is 7.66. The Kier molecular flexibility index (Phi) is 5.69. The molecule has 1 saturated heterocycles. The van der Waals surface area contributed by atoms with E-state index in [2.05, 4.69) is 47.2 Å². The zero-order valence-corrected chi connectivity index (χ0v) is 18.0. The van der Waals surface area contributed by atoms with Gasteiger partial charge in [0.25, 0.3) is 0 Å². The van der Waals surface area contributed by atoms with Crippen molar-refractivity contribution in [1.29, 1.82) is 0 Å². The molecule has 1 fully saturated rings. The van der Waals surface area contributed by atoms with E-state index in [1.54, 1.807) is 13.4 Å². The minimum atomic E-state index is 0.675. The predicted molar refractivity (Wildman–Crippen MR) is 126 cm³/mol. The zero-order valence-electron chi connectivity index (χ0n) is 18.0. The number of aromatic nitrogens is 5. The molecule has 0 saturated carbocycles. The van der Waals surface area contributed by atoms with Gasteiger partial charge in [-0.1, -0.05) is 18.2 Å². The van der Waals surface area contributed by atoms with Gasteiger partial charge >= 0.3 is 0 Å². The van der Waals surface area contributed by atoms with Crippen molar-refractivity contribution in [2.75, 3.05) is 55.0 Å². The van der Waals surface area contributed by atoms with E-state index < -0.39 is 0 Å². The summed E-state index contributed by atoms with van der Waals surface area (Å²) in [6, 6.07) is 14.1. The summed E-state index contributed by atoms with van der Waals surface area (Å²) in [5.41, 5.74) is 2.74. The van der Waals surface area contributed by atoms with E-state index in [0.717, 1.165) is 62.0 Å². The predicted octanol–water partition coefficient (Wildman–Crippen LogP) is 2.74. The third kappa shape index (κ3) is 4.27. The number of aromatic amines is 1. The van der Waals surface area contributed by atoms with Crippen LogP contribution in [0.2, 0.25) is 0 Å². The molecule has 9 nitrogen and oxygen atoms in total. The van der Waals surface area contributed by atoms with Crippen LogP contribution in [0.1, 0.15) is 5.56 Å². The van der Waals surface area contributed by atoms with Gasteiger partial charge in [-0.15, -0.1) is 0 Å². The Labute approximate surface area is 186 Å². The first-order chi connectivity index (χ1) is 15.8.